The molecule has 0 radical (unpaired) electrons. The zero-order valence-corrected chi connectivity index (χ0v) is 25.0. The summed E-state index contributed by atoms with van der Waals surface area (Å²) in [5.74, 6) is -0.491. The molecule has 2 N–H and O–H groups in total. The number of unbranched alkanes of at least 4 members (excludes halogenated alkanes) is 5. The molecule has 39 heavy (non-hydrogen) atoms. The van der Waals surface area contributed by atoms with E-state index in [0.29, 0.717) is 6.42 Å². The van der Waals surface area contributed by atoms with Gasteiger partial charge in [-0.2, -0.15) is 0 Å². The first-order chi connectivity index (χ1) is 18.7. The summed E-state index contributed by atoms with van der Waals surface area (Å²) in [7, 11) is 2.85. The van der Waals surface area contributed by atoms with Gasteiger partial charge in [0.1, 0.15) is 6.29 Å². The number of aldehydes is 1. The normalized spacial score (nSPS) is 11.5. The Morgan fingerprint density at radius 3 is 1.54 bits per heavy atom. The highest BCUT2D eigenvalue weighted by Gasteiger charge is 2.14. The number of hydrogen-bond donors (Lipinski definition) is 1. The molecule has 0 aliphatic heterocycles. The third-order valence-electron chi connectivity index (χ3n) is 6.29. The van der Waals surface area contributed by atoms with Crippen LogP contribution in [0.25, 0.3) is 0 Å². The first-order valence-electron chi connectivity index (χ1n) is 14.2. The first-order valence-corrected chi connectivity index (χ1v) is 14.2. The quantitative estimate of drug-likeness (QED) is 0.118. The monoisotopic (exact) mass is 541 g/mol. The van der Waals surface area contributed by atoms with Gasteiger partial charge in [-0.15, -0.1) is 0 Å². The maximum Gasteiger partial charge on any atom is 0.308 e. The van der Waals surface area contributed by atoms with Gasteiger partial charge >= 0.3 is 11.9 Å². The van der Waals surface area contributed by atoms with Crippen LogP contribution < -0.4 is 5.73 Å². The van der Waals surface area contributed by atoms with E-state index in [0.717, 1.165) is 49.6 Å². The van der Waals surface area contributed by atoms with E-state index in [1.807, 2.05) is 38.1 Å². The molecule has 2 aromatic carbocycles. The van der Waals surface area contributed by atoms with Crippen LogP contribution in [0.3, 0.4) is 0 Å². The van der Waals surface area contributed by atoms with Crippen LogP contribution in [0.5, 0.6) is 0 Å². The van der Waals surface area contributed by atoms with Crippen molar-refractivity contribution in [2.24, 2.45) is 11.8 Å². The van der Waals surface area contributed by atoms with Gasteiger partial charge in [0, 0.05) is 12.1 Å². The number of esters is 2. The average Bonchev–Trinajstić information content (AvgIpc) is 2.96. The van der Waals surface area contributed by atoms with Crippen LogP contribution in [-0.4, -0.2) is 32.4 Å². The van der Waals surface area contributed by atoms with Crippen LogP contribution in [0.2, 0.25) is 0 Å². The first kappa shape index (κ1) is 35.9. The molecule has 6 heteroatoms. The Balaban J connectivity index is 0.000000631. The van der Waals surface area contributed by atoms with E-state index in [1.165, 1.54) is 51.0 Å². The number of carbonyl (C=O) groups excluding carboxylic acids is 3. The second kappa shape index (κ2) is 22.8. The van der Waals surface area contributed by atoms with Crippen LogP contribution in [-0.2, 0) is 43.1 Å². The van der Waals surface area contributed by atoms with E-state index in [9.17, 15) is 14.4 Å². The van der Waals surface area contributed by atoms with Crippen molar-refractivity contribution in [1.29, 1.82) is 0 Å². The minimum absolute atomic E-state index is 0.0691. The topological polar surface area (TPSA) is 95.7 Å². The molecule has 0 amide bonds. The fourth-order valence-corrected chi connectivity index (χ4v) is 3.82. The molecular weight excluding hydrogens is 490 g/mol. The van der Waals surface area contributed by atoms with Gasteiger partial charge in [0.25, 0.3) is 0 Å². The summed E-state index contributed by atoms with van der Waals surface area (Å²) in [5, 5.41) is 0. The number of nitrogens with two attached hydrogens (primary N) is 1. The Hall–Kier alpha value is -3.15. The maximum atomic E-state index is 11.4. The molecule has 0 saturated heterocycles. The van der Waals surface area contributed by atoms with Crippen LogP contribution in [0.15, 0.2) is 48.5 Å². The van der Waals surface area contributed by atoms with Gasteiger partial charge in [-0.1, -0.05) is 89.8 Å². The minimum Gasteiger partial charge on any atom is -0.469 e. The van der Waals surface area contributed by atoms with E-state index in [4.69, 9.17) is 10.5 Å². The standard InChI is InChI=1S/C17H26O2.C11H15NO2.C5H10O/c1-4-5-6-7-8-15-9-11-16(12-10-15)13-14(2)17(18)19-3;1-8(11(13)14-2)7-9-3-5-10(12)6-4-9;1-2-3-4-5-6/h9-12,14H,4-8,13H2,1-3H3;3-6,8H,7,12H2,1-2H3;5H,2-4H2,1H3/t14-;8-;/m11./s1. The van der Waals surface area contributed by atoms with Crippen molar-refractivity contribution in [3.8, 4) is 0 Å². The molecule has 0 bridgehead atoms. The summed E-state index contributed by atoms with van der Waals surface area (Å²) in [6.45, 7) is 8.06. The number of methoxy groups -OCH3 is 2. The molecular formula is C33H51NO5. The predicted molar refractivity (Wildman–Crippen MR) is 160 cm³/mol. The number of hydrogen-bond acceptors (Lipinski definition) is 6. The van der Waals surface area contributed by atoms with E-state index < -0.39 is 0 Å². The van der Waals surface area contributed by atoms with Gasteiger partial charge in [-0.05, 0) is 60.9 Å². The SMILES string of the molecule is CCCCC=O.CCCCCCc1ccc(C[C@@H](C)C(=O)OC)cc1.COC(=O)[C@H](C)Cc1ccc(N)cc1. The Kier molecular flexibility index (Phi) is 21.0. The van der Waals surface area contributed by atoms with Gasteiger partial charge in [-0.25, -0.2) is 0 Å². The summed E-state index contributed by atoms with van der Waals surface area (Å²) < 4.78 is 9.39. The number of nitrogen functional groups attached to an aromatic ring is 1. The molecule has 2 aromatic rings. The lowest BCUT2D eigenvalue weighted by Crippen LogP contribution is -2.15. The molecule has 2 atom stereocenters. The highest BCUT2D eigenvalue weighted by atomic mass is 16.5. The molecule has 0 heterocycles. The Morgan fingerprint density at radius 1 is 0.718 bits per heavy atom. The molecule has 0 aliphatic carbocycles. The molecule has 6 nitrogen and oxygen atoms in total. The smallest absolute Gasteiger partial charge is 0.308 e. The van der Waals surface area contributed by atoms with E-state index in [1.54, 1.807) is 0 Å². The molecule has 0 unspecified atom stereocenters. The van der Waals surface area contributed by atoms with Crippen molar-refractivity contribution in [3.63, 3.8) is 0 Å². The minimum atomic E-state index is -0.179. The van der Waals surface area contributed by atoms with Gasteiger partial charge in [0.15, 0.2) is 0 Å². The van der Waals surface area contributed by atoms with Crippen LogP contribution in [0, 0.1) is 11.8 Å². The average molecular weight is 542 g/mol. The number of aryl methyl sites for hydroxylation is 1. The summed E-state index contributed by atoms with van der Waals surface area (Å²) in [5.41, 5.74) is 9.98. The molecule has 218 valence electrons. The van der Waals surface area contributed by atoms with Gasteiger partial charge in [-0.3, -0.25) is 9.59 Å². The van der Waals surface area contributed by atoms with Gasteiger partial charge < -0.3 is 20.0 Å². The maximum absolute atomic E-state index is 11.4. The third kappa shape index (κ3) is 17.9. The Morgan fingerprint density at radius 2 is 1.15 bits per heavy atom. The number of carbonyl (C=O) groups is 3. The molecule has 2 rings (SSSR count). The molecule has 0 aromatic heterocycles. The second-order valence-corrected chi connectivity index (χ2v) is 9.93. The van der Waals surface area contributed by atoms with E-state index in [2.05, 4.69) is 42.8 Å². The summed E-state index contributed by atoms with van der Waals surface area (Å²) in [6, 6.07) is 16.2. The zero-order chi connectivity index (χ0) is 29.5. The summed E-state index contributed by atoms with van der Waals surface area (Å²) in [6.07, 6.45) is 11.7. The van der Waals surface area contributed by atoms with Crippen LogP contribution in [0.1, 0.15) is 89.3 Å². The van der Waals surface area contributed by atoms with E-state index >= 15 is 0 Å². The van der Waals surface area contributed by atoms with Crippen molar-refractivity contribution in [2.75, 3.05) is 20.0 Å². The summed E-state index contributed by atoms with van der Waals surface area (Å²) in [4.78, 5) is 32.1. The van der Waals surface area contributed by atoms with Crippen molar-refractivity contribution in [2.45, 2.75) is 91.9 Å². The Bertz CT molecular complexity index is 909. The number of ether oxygens (including phenoxy) is 2. The predicted octanol–water partition coefficient (Wildman–Crippen LogP) is 7.16. The number of rotatable bonds is 14. The highest BCUT2D eigenvalue weighted by Crippen LogP contribution is 2.14. The summed E-state index contributed by atoms with van der Waals surface area (Å²) >= 11 is 0. The molecule has 0 saturated carbocycles. The molecule has 0 spiro atoms. The van der Waals surface area contributed by atoms with Crippen molar-refractivity contribution in [3.05, 3.63) is 65.2 Å². The lowest BCUT2D eigenvalue weighted by Gasteiger charge is -2.09. The molecule has 0 fully saturated rings. The van der Waals surface area contributed by atoms with Crippen LogP contribution in [0.4, 0.5) is 5.69 Å². The Labute approximate surface area is 236 Å². The fraction of sp³-hybridized carbons (Fsp3) is 0.545. The third-order valence-corrected chi connectivity index (χ3v) is 6.29. The zero-order valence-electron chi connectivity index (χ0n) is 25.0. The number of anilines is 1. The number of benzene rings is 2. The van der Waals surface area contributed by atoms with Crippen molar-refractivity contribution < 1.29 is 23.9 Å². The van der Waals surface area contributed by atoms with Crippen molar-refractivity contribution in [1.82, 2.24) is 0 Å². The highest BCUT2D eigenvalue weighted by molar-refractivity contribution is 5.72. The van der Waals surface area contributed by atoms with Crippen LogP contribution >= 0.6 is 0 Å². The lowest BCUT2D eigenvalue weighted by molar-refractivity contribution is -0.145. The lowest BCUT2D eigenvalue weighted by atomic mass is 9.99. The fourth-order valence-electron chi connectivity index (χ4n) is 3.82. The van der Waals surface area contributed by atoms with E-state index in [-0.39, 0.29) is 23.8 Å². The second-order valence-electron chi connectivity index (χ2n) is 9.93. The van der Waals surface area contributed by atoms with Gasteiger partial charge in [0.2, 0.25) is 0 Å². The van der Waals surface area contributed by atoms with Gasteiger partial charge in [0.05, 0.1) is 26.1 Å². The largest absolute Gasteiger partial charge is 0.469 e. The van der Waals surface area contributed by atoms with Crippen molar-refractivity contribution >= 4 is 23.9 Å². The molecule has 0 aliphatic rings.